The molecule has 4 aromatic rings. The van der Waals surface area contributed by atoms with Crippen molar-refractivity contribution in [3.8, 4) is 11.5 Å². The average Bonchev–Trinajstić information content (AvgIpc) is 2.81. The number of benzene rings is 4. The van der Waals surface area contributed by atoms with Gasteiger partial charge in [0.1, 0.15) is 11.5 Å². The summed E-state index contributed by atoms with van der Waals surface area (Å²) < 4.78 is 6.58. The monoisotopic (exact) mass is 422 g/mol. The van der Waals surface area contributed by atoms with E-state index >= 15 is 0 Å². The summed E-state index contributed by atoms with van der Waals surface area (Å²) in [6.07, 6.45) is 0.889. The Bertz CT molecular complexity index is 1210. The van der Waals surface area contributed by atoms with Crippen LogP contribution in [0.3, 0.4) is 0 Å². The fourth-order valence-electron chi connectivity index (χ4n) is 4.38. The first-order valence-electron chi connectivity index (χ1n) is 10.4. The van der Waals surface area contributed by atoms with Crippen LogP contribution in [0.15, 0.2) is 97.1 Å². The second kappa shape index (κ2) is 7.80. The summed E-state index contributed by atoms with van der Waals surface area (Å²) in [6.45, 7) is 4.41. The van der Waals surface area contributed by atoms with Gasteiger partial charge in [-0.1, -0.05) is 105 Å². The Labute approximate surface area is 184 Å². The van der Waals surface area contributed by atoms with Gasteiger partial charge in [-0.25, -0.2) is 0 Å². The molecule has 0 fully saturated rings. The van der Waals surface area contributed by atoms with Gasteiger partial charge >= 0.3 is 0 Å². The van der Waals surface area contributed by atoms with E-state index in [2.05, 4.69) is 98.8 Å². The van der Waals surface area contributed by atoms with Gasteiger partial charge in [-0.3, -0.25) is 4.79 Å². The quantitative estimate of drug-likeness (QED) is 0.312. The maximum Gasteiger partial charge on any atom is 0.153 e. The molecule has 0 bridgehead atoms. The molecule has 1 heterocycles. The lowest BCUT2D eigenvalue weighted by molar-refractivity contribution is 0.112. The predicted octanol–water partition coefficient (Wildman–Crippen LogP) is 5.69. The minimum absolute atomic E-state index is 0.272. The zero-order valence-corrected chi connectivity index (χ0v) is 18.5. The highest BCUT2D eigenvalue weighted by Crippen LogP contribution is 2.50. The highest BCUT2D eigenvalue weighted by molar-refractivity contribution is 7.80. The van der Waals surface area contributed by atoms with Gasteiger partial charge in [-0.2, -0.15) is 0 Å². The van der Waals surface area contributed by atoms with Crippen molar-refractivity contribution < 1.29 is 9.53 Å². The molecule has 31 heavy (non-hydrogen) atoms. The Hall–Kier alpha value is -3.22. The van der Waals surface area contributed by atoms with Crippen molar-refractivity contribution >= 4 is 30.1 Å². The molecule has 0 atom stereocenters. The molecule has 0 saturated heterocycles. The zero-order valence-electron chi connectivity index (χ0n) is 17.6. The van der Waals surface area contributed by atoms with E-state index in [4.69, 9.17) is 4.74 Å². The van der Waals surface area contributed by atoms with E-state index < -0.39 is 7.92 Å². The highest BCUT2D eigenvalue weighted by Gasteiger charge is 2.37. The Balaban J connectivity index is 1.77. The number of aldehydes is 1. The van der Waals surface area contributed by atoms with Gasteiger partial charge in [0.2, 0.25) is 0 Å². The van der Waals surface area contributed by atoms with Gasteiger partial charge in [0, 0.05) is 21.8 Å². The van der Waals surface area contributed by atoms with Crippen molar-refractivity contribution in [1.29, 1.82) is 0 Å². The maximum atomic E-state index is 11.8. The minimum Gasteiger partial charge on any atom is -0.455 e. The van der Waals surface area contributed by atoms with E-state index in [9.17, 15) is 4.79 Å². The van der Waals surface area contributed by atoms with Crippen LogP contribution in [-0.4, -0.2) is 6.29 Å². The summed E-state index contributed by atoms with van der Waals surface area (Å²) in [5.74, 6) is 1.56. The number of carbonyl (C=O) groups excluding carboxylic acids is 1. The molecule has 0 radical (unpaired) electrons. The molecule has 1 aliphatic rings. The molecule has 0 unspecified atom stereocenters. The van der Waals surface area contributed by atoms with E-state index in [1.165, 1.54) is 15.9 Å². The van der Waals surface area contributed by atoms with Crippen molar-refractivity contribution in [3.05, 3.63) is 114 Å². The molecule has 0 aliphatic carbocycles. The number of fused-ring (bicyclic) bond motifs is 2. The second-order valence-corrected chi connectivity index (χ2v) is 10.4. The molecule has 1 aliphatic heterocycles. The molecular weight excluding hydrogens is 399 g/mol. The molecule has 0 amide bonds. The van der Waals surface area contributed by atoms with Gasteiger partial charge in [-0.05, 0) is 24.6 Å². The molecule has 3 heteroatoms. The number of ether oxygens (including phenoxy) is 1. The fourth-order valence-corrected chi connectivity index (χ4v) is 6.78. The number of para-hydroxylation sites is 2. The van der Waals surface area contributed by atoms with Gasteiger partial charge in [0.15, 0.2) is 6.29 Å². The van der Waals surface area contributed by atoms with E-state index in [-0.39, 0.29) is 5.41 Å². The molecule has 0 N–H and O–H groups in total. The molecule has 5 rings (SSSR count). The summed E-state index contributed by atoms with van der Waals surface area (Å²) in [5, 5.41) is 3.71. The number of carbonyl (C=O) groups is 1. The molecule has 2 nitrogen and oxygen atoms in total. The van der Waals surface area contributed by atoms with E-state index in [1.807, 2.05) is 12.1 Å². The fraction of sp³-hybridized carbons (Fsp3) is 0.107. The third kappa shape index (κ3) is 3.28. The van der Waals surface area contributed by atoms with Crippen LogP contribution in [0.2, 0.25) is 0 Å². The van der Waals surface area contributed by atoms with Crippen LogP contribution in [0, 0.1) is 0 Å². The smallest absolute Gasteiger partial charge is 0.153 e. The minimum atomic E-state index is -0.819. The topological polar surface area (TPSA) is 26.3 Å². The van der Waals surface area contributed by atoms with Gasteiger partial charge < -0.3 is 4.74 Å². The van der Waals surface area contributed by atoms with Crippen LogP contribution < -0.4 is 20.7 Å². The SMILES string of the molecule is CC1(C)c2cccc(C=O)c2Oc2c(P(c3ccccc3)c3ccccc3)cccc21. The molecular formula is C28H23O2P. The Morgan fingerprint density at radius 2 is 1.23 bits per heavy atom. The first-order valence-corrected chi connectivity index (χ1v) is 11.8. The first kappa shape index (κ1) is 19.7. The van der Waals surface area contributed by atoms with Crippen LogP contribution in [0.25, 0.3) is 0 Å². The predicted molar refractivity (Wildman–Crippen MR) is 129 cm³/mol. The van der Waals surface area contributed by atoms with Crippen LogP contribution in [0.4, 0.5) is 0 Å². The second-order valence-electron chi connectivity index (χ2n) is 8.23. The molecule has 0 saturated carbocycles. The third-order valence-electron chi connectivity index (χ3n) is 5.99. The van der Waals surface area contributed by atoms with Crippen molar-refractivity contribution in [2.24, 2.45) is 0 Å². The summed E-state index contributed by atoms with van der Waals surface area (Å²) in [6, 6.07) is 33.5. The van der Waals surface area contributed by atoms with Gasteiger partial charge in [0.25, 0.3) is 0 Å². The van der Waals surface area contributed by atoms with Crippen LogP contribution in [0.1, 0.15) is 35.3 Å². The average molecular weight is 422 g/mol. The standard InChI is InChI=1S/C28H23O2P/c1-28(2)23-16-9-11-20(19-29)26(23)30-27-24(28)17-10-18-25(27)31(21-12-5-3-6-13-21)22-14-7-4-8-15-22/h3-19H,1-2H3. The van der Waals surface area contributed by atoms with E-state index in [0.29, 0.717) is 11.3 Å². The first-order chi connectivity index (χ1) is 15.1. The number of hydrogen-bond donors (Lipinski definition) is 0. The van der Waals surface area contributed by atoms with Crippen molar-refractivity contribution in [3.63, 3.8) is 0 Å². The van der Waals surface area contributed by atoms with Crippen molar-refractivity contribution in [2.45, 2.75) is 19.3 Å². The molecule has 4 aromatic carbocycles. The largest absolute Gasteiger partial charge is 0.455 e. The van der Waals surface area contributed by atoms with Crippen LogP contribution in [-0.2, 0) is 5.41 Å². The zero-order chi connectivity index (χ0) is 21.4. The van der Waals surface area contributed by atoms with Crippen LogP contribution >= 0.6 is 7.92 Å². The van der Waals surface area contributed by atoms with Gasteiger partial charge in [0.05, 0.1) is 5.56 Å². The normalized spacial score (nSPS) is 13.8. The number of rotatable bonds is 4. The molecule has 152 valence electrons. The van der Waals surface area contributed by atoms with Crippen LogP contribution in [0.5, 0.6) is 11.5 Å². The third-order valence-corrected chi connectivity index (χ3v) is 8.45. The summed E-state index contributed by atoms with van der Waals surface area (Å²) in [7, 11) is -0.819. The summed E-state index contributed by atoms with van der Waals surface area (Å²) in [4.78, 5) is 11.8. The lowest BCUT2D eigenvalue weighted by Gasteiger charge is -2.37. The summed E-state index contributed by atoms with van der Waals surface area (Å²) >= 11 is 0. The number of hydrogen-bond acceptors (Lipinski definition) is 2. The van der Waals surface area contributed by atoms with Gasteiger partial charge in [-0.15, -0.1) is 0 Å². The Morgan fingerprint density at radius 1 is 0.677 bits per heavy atom. The Morgan fingerprint density at radius 3 is 1.81 bits per heavy atom. The Kier molecular flexibility index (Phi) is 4.96. The molecule has 0 aromatic heterocycles. The maximum absolute atomic E-state index is 11.8. The van der Waals surface area contributed by atoms with E-state index in [0.717, 1.165) is 23.2 Å². The van der Waals surface area contributed by atoms with Crippen molar-refractivity contribution in [2.75, 3.05) is 0 Å². The highest BCUT2D eigenvalue weighted by atomic mass is 31.1. The van der Waals surface area contributed by atoms with Crippen molar-refractivity contribution in [1.82, 2.24) is 0 Å². The van der Waals surface area contributed by atoms with E-state index in [1.54, 1.807) is 0 Å². The lowest BCUT2D eigenvalue weighted by atomic mass is 9.75. The summed E-state index contributed by atoms with van der Waals surface area (Å²) in [5.41, 5.74) is 2.52. The lowest BCUT2D eigenvalue weighted by Crippen LogP contribution is -2.30. The molecule has 0 spiro atoms.